The van der Waals surface area contributed by atoms with Crippen LogP contribution in [0.15, 0.2) is 45.9 Å². The number of aromatic nitrogens is 3. The van der Waals surface area contributed by atoms with Gasteiger partial charge in [-0.1, -0.05) is 11.6 Å². The molecular formula is C16H15BrClN5O2S. The van der Waals surface area contributed by atoms with Gasteiger partial charge < -0.3 is 5.32 Å². The minimum atomic E-state index is -3.42. The fraction of sp³-hybridized carbons (Fsp3) is 0.250. The average Bonchev–Trinajstić information content (AvgIpc) is 3.27. The third-order valence-electron chi connectivity index (χ3n) is 4.23. The van der Waals surface area contributed by atoms with Crippen molar-refractivity contribution in [2.24, 2.45) is 0 Å². The summed E-state index contributed by atoms with van der Waals surface area (Å²) in [5.74, 6) is 0.626. The van der Waals surface area contributed by atoms with Crippen molar-refractivity contribution in [1.29, 1.82) is 0 Å². The molecule has 0 unspecified atom stereocenters. The lowest BCUT2D eigenvalue weighted by Crippen LogP contribution is -2.27. The predicted molar refractivity (Wildman–Crippen MR) is 103 cm³/mol. The molecule has 0 bridgehead atoms. The molecule has 0 atom stereocenters. The van der Waals surface area contributed by atoms with Crippen LogP contribution in [0.3, 0.4) is 0 Å². The van der Waals surface area contributed by atoms with Crippen molar-refractivity contribution in [2.45, 2.75) is 17.7 Å². The second-order valence-corrected chi connectivity index (χ2v) is 9.13. The minimum Gasteiger partial charge on any atom is -0.340 e. The Bertz CT molecular complexity index is 1060. The maximum Gasteiger partial charge on any atom is 0.243 e. The first-order valence-electron chi connectivity index (χ1n) is 8.02. The quantitative estimate of drug-likeness (QED) is 0.606. The molecule has 10 heteroatoms. The maximum absolute atomic E-state index is 12.6. The number of benzene rings is 1. The van der Waals surface area contributed by atoms with Crippen molar-refractivity contribution in [3.05, 3.63) is 46.2 Å². The number of hydrogen-bond donors (Lipinski definition) is 1. The number of nitrogens with zero attached hydrogens (tertiary/aromatic N) is 4. The number of anilines is 2. The van der Waals surface area contributed by atoms with Gasteiger partial charge in [0.25, 0.3) is 0 Å². The predicted octanol–water partition coefficient (Wildman–Crippen LogP) is 3.67. The number of hydrogen-bond acceptors (Lipinski definition) is 5. The molecule has 26 heavy (non-hydrogen) atoms. The lowest BCUT2D eigenvalue weighted by atomic mass is 10.3. The number of sulfonamides is 1. The Morgan fingerprint density at radius 2 is 1.85 bits per heavy atom. The highest BCUT2D eigenvalue weighted by Crippen LogP contribution is 2.26. The third kappa shape index (κ3) is 3.20. The first-order chi connectivity index (χ1) is 12.4. The van der Waals surface area contributed by atoms with Crippen LogP contribution in [0.5, 0.6) is 0 Å². The molecule has 1 aliphatic rings. The van der Waals surface area contributed by atoms with Crippen molar-refractivity contribution in [1.82, 2.24) is 18.9 Å². The molecule has 2 aromatic heterocycles. The van der Waals surface area contributed by atoms with E-state index in [1.807, 2.05) is 0 Å². The molecule has 1 aromatic carbocycles. The van der Waals surface area contributed by atoms with Gasteiger partial charge in [0.1, 0.15) is 11.0 Å². The van der Waals surface area contributed by atoms with Gasteiger partial charge >= 0.3 is 0 Å². The summed E-state index contributed by atoms with van der Waals surface area (Å²) >= 11 is 9.46. The van der Waals surface area contributed by atoms with Gasteiger partial charge in [0, 0.05) is 24.8 Å². The van der Waals surface area contributed by atoms with E-state index < -0.39 is 10.0 Å². The van der Waals surface area contributed by atoms with Crippen molar-refractivity contribution < 1.29 is 8.42 Å². The summed E-state index contributed by atoms with van der Waals surface area (Å²) in [7, 11) is -3.42. The zero-order valence-corrected chi connectivity index (χ0v) is 16.7. The molecule has 7 nitrogen and oxygen atoms in total. The van der Waals surface area contributed by atoms with Crippen LogP contribution in [0.25, 0.3) is 5.65 Å². The third-order valence-corrected chi connectivity index (χ3v) is 6.89. The van der Waals surface area contributed by atoms with E-state index >= 15 is 0 Å². The minimum absolute atomic E-state index is 0.296. The number of fused-ring (bicyclic) bond motifs is 1. The number of rotatable bonds is 4. The lowest BCUT2D eigenvalue weighted by Gasteiger charge is -2.16. The van der Waals surface area contributed by atoms with Crippen molar-refractivity contribution in [2.75, 3.05) is 18.4 Å². The van der Waals surface area contributed by atoms with Crippen LogP contribution in [-0.2, 0) is 10.0 Å². The smallest absolute Gasteiger partial charge is 0.243 e. The fourth-order valence-electron chi connectivity index (χ4n) is 2.93. The number of halogens is 2. The Labute approximate surface area is 164 Å². The summed E-state index contributed by atoms with van der Waals surface area (Å²) in [4.78, 5) is 4.52. The first kappa shape index (κ1) is 17.7. The van der Waals surface area contributed by atoms with Crippen LogP contribution in [-0.4, -0.2) is 40.4 Å². The molecule has 3 heterocycles. The van der Waals surface area contributed by atoms with E-state index in [1.165, 1.54) is 4.31 Å². The zero-order chi connectivity index (χ0) is 18.3. The van der Waals surface area contributed by atoms with Gasteiger partial charge in [-0.15, -0.1) is 0 Å². The molecule has 0 saturated carbocycles. The summed E-state index contributed by atoms with van der Waals surface area (Å²) in [6, 6.07) is 8.32. The Morgan fingerprint density at radius 3 is 2.54 bits per heavy atom. The standard InChI is InChI=1S/C16H15BrClN5O2S/c17-13-10-19-23-15(9-14(18)21-16(13)23)20-11-3-5-12(6-4-11)26(24,25)22-7-1-2-8-22/h3-6,9-10,20H,1-2,7-8H2. The van der Waals surface area contributed by atoms with Gasteiger partial charge in [-0.2, -0.15) is 13.9 Å². The molecule has 1 aliphatic heterocycles. The molecule has 1 N–H and O–H groups in total. The van der Waals surface area contributed by atoms with Crippen LogP contribution >= 0.6 is 27.5 Å². The second-order valence-electron chi connectivity index (χ2n) is 5.95. The van der Waals surface area contributed by atoms with E-state index in [-0.39, 0.29) is 0 Å². The summed E-state index contributed by atoms with van der Waals surface area (Å²) in [6.07, 6.45) is 3.46. The molecule has 0 radical (unpaired) electrons. The molecule has 4 rings (SSSR count). The Balaban J connectivity index is 1.62. The largest absolute Gasteiger partial charge is 0.340 e. The highest BCUT2D eigenvalue weighted by molar-refractivity contribution is 9.10. The van der Waals surface area contributed by atoms with Crippen LogP contribution in [0.2, 0.25) is 5.15 Å². The van der Waals surface area contributed by atoms with Crippen molar-refractivity contribution >= 4 is 54.7 Å². The SMILES string of the molecule is O=S(=O)(c1ccc(Nc2cc(Cl)nc3c(Br)cnn23)cc1)N1CCCC1. The Kier molecular flexibility index (Phi) is 4.64. The van der Waals surface area contributed by atoms with E-state index in [4.69, 9.17) is 11.6 Å². The van der Waals surface area contributed by atoms with E-state index in [9.17, 15) is 8.42 Å². The topological polar surface area (TPSA) is 79.6 Å². The lowest BCUT2D eigenvalue weighted by molar-refractivity contribution is 0.477. The van der Waals surface area contributed by atoms with E-state index in [1.54, 1.807) is 41.0 Å². The summed E-state index contributed by atoms with van der Waals surface area (Å²) < 4.78 is 29.1. The van der Waals surface area contributed by atoms with Gasteiger partial charge in [-0.05, 0) is 53.0 Å². The van der Waals surface area contributed by atoms with Gasteiger partial charge in [0.05, 0.1) is 15.6 Å². The molecule has 136 valence electrons. The van der Waals surface area contributed by atoms with Crippen LogP contribution < -0.4 is 5.32 Å². The fourth-order valence-corrected chi connectivity index (χ4v) is 4.98. The molecule has 0 amide bonds. The van der Waals surface area contributed by atoms with Crippen LogP contribution in [0.1, 0.15) is 12.8 Å². The Morgan fingerprint density at radius 1 is 1.15 bits per heavy atom. The van der Waals surface area contributed by atoms with E-state index in [0.29, 0.717) is 34.6 Å². The average molecular weight is 457 g/mol. The molecule has 1 saturated heterocycles. The van der Waals surface area contributed by atoms with Crippen LogP contribution in [0.4, 0.5) is 11.5 Å². The van der Waals surface area contributed by atoms with Gasteiger partial charge in [0.2, 0.25) is 10.0 Å². The molecule has 0 spiro atoms. The summed E-state index contributed by atoms with van der Waals surface area (Å²) in [6.45, 7) is 1.17. The Hall–Kier alpha value is -1.68. The highest BCUT2D eigenvalue weighted by atomic mass is 79.9. The van der Waals surface area contributed by atoms with Gasteiger partial charge in [-0.25, -0.2) is 13.4 Å². The summed E-state index contributed by atoms with van der Waals surface area (Å²) in [5.41, 5.74) is 1.31. The van der Waals surface area contributed by atoms with Crippen molar-refractivity contribution in [3.8, 4) is 0 Å². The summed E-state index contributed by atoms with van der Waals surface area (Å²) in [5, 5.41) is 7.77. The van der Waals surface area contributed by atoms with Crippen molar-refractivity contribution in [3.63, 3.8) is 0 Å². The second kappa shape index (κ2) is 6.80. The maximum atomic E-state index is 12.6. The monoisotopic (exact) mass is 455 g/mol. The van der Waals surface area contributed by atoms with E-state index in [2.05, 4.69) is 31.3 Å². The zero-order valence-electron chi connectivity index (χ0n) is 13.6. The van der Waals surface area contributed by atoms with Gasteiger partial charge in [-0.3, -0.25) is 0 Å². The molecule has 0 aliphatic carbocycles. The first-order valence-corrected chi connectivity index (χ1v) is 10.6. The van der Waals surface area contributed by atoms with E-state index in [0.717, 1.165) is 23.0 Å². The molecule has 1 fully saturated rings. The van der Waals surface area contributed by atoms with Crippen LogP contribution in [0, 0.1) is 0 Å². The van der Waals surface area contributed by atoms with Gasteiger partial charge in [0.15, 0.2) is 5.65 Å². The number of nitrogens with one attached hydrogen (secondary N) is 1. The normalized spacial score (nSPS) is 15.6. The molecule has 3 aromatic rings. The molecular weight excluding hydrogens is 442 g/mol. The highest BCUT2D eigenvalue weighted by Gasteiger charge is 2.26.